The summed E-state index contributed by atoms with van der Waals surface area (Å²) in [5, 5.41) is 0. The van der Waals surface area contributed by atoms with Crippen LogP contribution in [0.1, 0.15) is 39.5 Å². The van der Waals surface area contributed by atoms with Crippen LogP contribution < -0.4 is 5.73 Å². The van der Waals surface area contributed by atoms with Crippen LogP contribution >= 0.6 is 0 Å². The Kier molecular flexibility index (Phi) is 6.32. The molecule has 0 radical (unpaired) electrons. The minimum atomic E-state index is 0.423. The van der Waals surface area contributed by atoms with E-state index in [1.807, 2.05) is 0 Å². The van der Waals surface area contributed by atoms with E-state index in [1.165, 1.54) is 45.3 Å². The molecular formula is C13H29N3. The first kappa shape index (κ1) is 13.9. The molecule has 1 atom stereocenters. The summed E-state index contributed by atoms with van der Waals surface area (Å²) < 4.78 is 0. The van der Waals surface area contributed by atoms with Gasteiger partial charge >= 0.3 is 0 Å². The second kappa shape index (κ2) is 7.25. The van der Waals surface area contributed by atoms with Gasteiger partial charge in [-0.05, 0) is 66.2 Å². The second-order valence-electron chi connectivity index (χ2n) is 5.48. The summed E-state index contributed by atoms with van der Waals surface area (Å²) in [6, 6.07) is 1.09. The molecule has 1 saturated heterocycles. The van der Waals surface area contributed by atoms with E-state index < -0.39 is 0 Å². The standard InChI is InChI=1S/C13H29N3/c1-12(2)15(3)8-4-5-9-16-10-6-7-13(14)11-16/h12-13H,4-11,14H2,1-3H3. The number of unbranched alkanes of at least 4 members (excludes halogenated alkanes) is 1. The number of rotatable bonds is 6. The highest BCUT2D eigenvalue weighted by Crippen LogP contribution is 2.09. The molecule has 16 heavy (non-hydrogen) atoms. The van der Waals surface area contributed by atoms with E-state index in [2.05, 4.69) is 30.7 Å². The Labute approximate surface area is 101 Å². The van der Waals surface area contributed by atoms with Gasteiger partial charge in [0, 0.05) is 18.6 Å². The van der Waals surface area contributed by atoms with Crippen LogP contribution in [0.4, 0.5) is 0 Å². The topological polar surface area (TPSA) is 32.5 Å². The Hall–Kier alpha value is -0.120. The second-order valence-corrected chi connectivity index (χ2v) is 5.48. The molecule has 1 aliphatic heterocycles. The zero-order chi connectivity index (χ0) is 12.0. The van der Waals surface area contributed by atoms with Crippen molar-refractivity contribution >= 4 is 0 Å². The average molecular weight is 227 g/mol. The predicted octanol–water partition coefficient (Wildman–Crippen LogP) is 1.53. The van der Waals surface area contributed by atoms with Crippen molar-refractivity contribution in [2.75, 3.05) is 33.2 Å². The van der Waals surface area contributed by atoms with Crippen LogP contribution in [-0.4, -0.2) is 55.1 Å². The minimum Gasteiger partial charge on any atom is -0.327 e. The van der Waals surface area contributed by atoms with Crippen molar-refractivity contribution in [3.63, 3.8) is 0 Å². The number of likely N-dealkylation sites (tertiary alicyclic amines) is 1. The van der Waals surface area contributed by atoms with Crippen molar-refractivity contribution in [3.8, 4) is 0 Å². The van der Waals surface area contributed by atoms with Crippen LogP contribution in [0, 0.1) is 0 Å². The monoisotopic (exact) mass is 227 g/mol. The summed E-state index contributed by atoms with van der Waals surface area (Å²) >= 11 is 0. The Morgan fingerprint density at radius 2 is 2.12 bits per heavy atom. The molecule has 2 N–H and O–H groups in total. The lowest BCUT2D eigenvalue weighted by atomic mass is 10.1. The van der Waals surface area contributed by atoms with Gasteiger partial charge in [0.15, 0.2) is 0 Å². The highest BCUT2D eigenvalue weighted by molar-refractivity contribution is 4.74. The van der Waals surface area contributed by atoms with E-state index in [-0.39, 0.29) is 0 Å². The first-order valence-corrected chi connectivity index (χ1v) is 6.77. The Morgan fingerprint density at radius 1 is 1.38 bits per heavy atom. The molecule has 0 aromatic carbocycles. The predicted molar refractivity (Wildman–Crippen MR) is 70.6 cm³/mol. The fourth-order valence-electron chi connectivity index (χ4n) is 2.25. The van der Waals surface area contributed by atoms with Gasteiger partial charge in [-0.2, -0.15) is 0 Å². The smallest absolute Gasteiger partial charge is 0.0168 e. The van der Waals surface area contributed by atoms with Gasteiger partial charge in [-0.15, -0.1) is 0 Å². The molecule has 1 aliphatic rings. The highest BCUT2D eigenvalue weighted by Gasteiger charge is 2.15. The van der Waals surface area contributed by atoms with E-state index in [0.29, 0.717) is 12.1 Å². The zero-order valence-corrected chi connectivity index (χ0v) is 11.3. The van der Waals surface area contributed by atoms with Crippen molar-refractivity contribution in [1.82, 2.24) is 9.80 Å². The van der Waals surface area contributed by atoms with Crippen LogP contribution in [0.15, 0.2) is 0 Å². The van der Waals surface area contributed by atoms with Crippen molar-refractivity contribution < 1.29 is 0 Å². The molecule has 0 saturated carbocycles. The van der Waals surface area contributed by atoms with E-state index in [1.54, 1.807) is 0 Å². The molecule has 0 aromatic heterocycles. The SMILES string of the molecule is CC(C)N(C)CCCCN1CCCC(N)C1. The summed E-state index contributed by atoms with van der Waals surface area (Å²) in [6.07, 6.45) is 5.11. The van der Waals surface area contributed by atoms with Gasteiger partial charge in [0.1, 0.15) is 0 Å². The quantitative estimate of drug-likeness (QED) is 0.699. The normalized spacial score (nSPS) is 23.2. The van der Waals surface area contributed by atoms with Gasteiger partial charge < -0.3 is 15.5 Å². The van der Waals surface area contributed by atoms with Crippen molar-refractivity contribution in [1.29, 1.82) is 0 Å². The Bertz CT molecular complexity index is 182. The lowest BCUT2D eigenvalue weighted by Gasteiger charge is -2.30. The molecule has 3 heteroatoms. The molecular weight excluding hydrogens is 198 g/mol. The molecule has 1 fully saturated rings. The molecule has 1 unspecified atom stereocenters. The van der Waals surface area contributed by atoms with E-state index in [4.69, 9.17) is 5.73 Å². The maximum atomic E-state index is 5.97. The van der Waals surface area contributed by atoms with Crippen molar-refractivity contribution in [2.24, 2.45) is 5.73 Å². The number of hydrogen-bond donors (Lipinski definition) is 1. The third kappa shape index (κ3) is 5.28. The Morgan fingerprint density at radius 3 is 2.75 bits per heavy atom. The molecule has 1 rings (SSSR count). The third-order valence-electron chi connectivity index (χ3n) is 3.66. The largest absolute Gasteiger partial charge is 0.327 e. The highest BCUT2D eigenvalue weighted by atomic mass is 15.1. The van der Waals surface area contributed by atoms with Gasteiger partial charge in [-0.25, -0.2) is 0 Å². The molecule has 0 amide bonds. The molecule has 96 valence electrons. The average Bonchev–Trinajstić information content (AvgIpc) is 2.24. The summed E-state index contributed by atoms with van der Waals surface area (Å²) in [4.78, 5) is 4.95. The van der Waals surface area contributed by atoms with Gasteiger partial charge in [-0.1, -0.05) is 0 Å². The van der Waals surface area contributed by atoms with Crippen LogP contribution in [0.3, 0.4) is 0 Å². The van der Waals surface area contributed by atoms with E-state index in [9.17, 15) is 0 Å². The van der Waals surface area contributed by atoms with E-state index in [0.717, 1.165) is 6.54 Å². The first-order chi connectivity index (χ1) is 7.59. The fourth-order valence-corrected chi connectivity index (χ4v) is 2.25. The number of nitrogens with two attached hydrogens (primary N) is 1. The molecule has 0 aliphatic carbocycles. The summed E-state index contributed by atoms with van der Waals surface area (Å²) in [6.45, 7) is 9.33. The van der Waals surface area contributed by atoms with Gasteiger partial charge in [0.05, 0.1) is 0 Å². The van der Waals surface area contributed by atoms with Crippen LogP contribution in [0.25, 0.3) is 0 Å². The number of piperidine rings is 1. The molecule has 0 spiro atoms. The minimum absolute atomic E-state index is 0.423. The summed E-state index contributed by atoms with van der Waals surface area (Å²) in [7, 11) is 2.21. The van der Waals surface area contributed by atoms with Crippen molar-refractivity contribution in [2.45, 2.75) is 51.6 Å². The van der Waals surface area contributed by atoms with Crippen LogP contribution in [0.5, 0.6) is 0 Å². The van der Waals surface area contributed by atoms with Gasteiger partial charge in [-0.3, -0.25) is 0 Å². The van der Waals surface area contributed by atoms with Gasteiger partial charge in [0.25, 0.3) is 0 Å². The maximum Gasteiger partial charge on any atom is 0.0168 e. The van der Waals surface area contributed by atoms with Crippen molar-refractivity contribution in [3.05, 3.63) is 0 Å². The Balaban J connectivity index is 2.02. The molecule has 1 heterocycles. The lowest BCUT2D eigenvalue weighted by molar-refractivity contribution is 0.198. The van der Waals surface area contributed by atoms with Crippen LogP contribution in [-0.2, 0) is 0 Å². The van der Waals surface area contributed by atoms with E-state index >= 15 is 0 Å². The maximum absolute atomic E-state index is 5.97. The molecule has 0 aromatic rings. The number of nitrogens with zero attached hydrogens (tertiary/aromatic N) is 2. The fraction of sp³-hybridized carbons (Fsp3) is 1.00. The summed E-state index contributed by atoms with van der Waals surface area (Å²) in [5.74, 6) is 0. The van der Waals surface area contributed by atoms with Crippen LogP contribution in [0.2, 0.25) is 0 Å². The molecule has 0 bridgehead atoms. The zero-order valence-electron chi connectivity index (χ0n) is 11.3. The third-order valence-corrected chi connectivity index (χ3v) is 3.66. The molecule has 3 nitrogen and oxygen atoms in total. The lowest BCUT2D eigenvalue weighted by Crippen LogP contribution is -2.43. The summed E-state index contributed by atoms with van der Waals surface area (Å²) in [5.41, 5.74) is 5.97. The first-order valence-electron chi connectivity index (χ1n) is 6.77. The van der Waals surface area contributed by atoms with Gasteiger partial charge in [0.2, 0.25) is 0 Å². The number of hydrogen-bond acceptors (Lipinski definition) is 3.